The standard InChI is InChI=1S/C12H11F2N3O2/c1-6(12-16-7(2)17-19-12)15-11(18)10-8(13)4-3-5-9(10)14/h3-6H,1-2H3,(H,15,18). The van der Waals surface area contributed by atoms with Crippen molar-refractivity contribution >= 4 is 5.91 Å². The van der Waals surface area contributed by atoms with Crippen molar-refractivity contribution in [2.75, 3.05) is 0 Å². The molecular formula is C12H11F2N3O2. The van der Waals surface area contributed by atoms with Crippen LogP contribution in [0, 0.1) is 18.6 Å². The number of aryl methyl sites for hydroxylation is 1. The highest BCUT2D eigenvalue weighted by molar-refractivity contribution is 5.94. The molecule has 2 aromatic rings. The van der Waals surface area contributed by atoms with Gasteiger partial charge in [-0.2, -0.15) is 4.98 Å². The van der Waals surface area contributed by atoms with Gasteiger partial charge >= 0.3 is 0 Å². The fraction of sp³-hybridized carbons (Fsp3) is 0.250. The van der Waals surface area contributed by atoms with E-state index in [9.17, 15) is 13.6 Å². The number of hydrogen-bond donors (Lipinski definition) is 1. The van der Waals surface area contributed by atoms with E-state index in [0.29, 0.717) is 5.82 Å². The highest BCUT2D eigenvalue weighted by Crippen LogP contribution is 2.15. The molecule has 1 heterocycles. The Kier molecular flexibility index (Phi) is 3.55. The van der Waals surface area contributed by atoms with Gasteiger partial charge < -0.3 is 9.84 Å². The molecule has 0 fully saturated rings. The van der Waals surface area contributed by atoms with Crippen molar-refractivity contribution in [3.05, 3.63) is 47.1 Å². The second kappa shape index (κ2) is 5.13. The maximum Gasteiger partial charge on any atom is 0.257 e. The van der Waals surface area contributed by atoms with Gasteiger partial charge in [0, 0.05) is 0 Å². The zero-order chi connectivity index (χ0) is 14.0. The average molecular weight is 267 g/mol. The second-order valence-electron chi connectivity index (χ2n) is 3.97. The number of amides is 1. The summed E-state index contributed by atoms with van der Waals surface area (Å²) in [4.78, 5) is 15.7. The zero-order valence-electron chi connectivity index (χ0n) is 10.3. The van der Waals surface area contributed by atoms with Crippen LogP contribution in [0.25, 0.3) is 0 Å². The van der Waals surface area contributed by atoms with Gasteiger partial charge in [0.1, 0.15) is 23.2 Å². The van der Waals surface area contributed by atoms with Crippen molar-refractivity contribution in [3.63, 3.8) is 0 Å². The summed E-state index contributed by atoms with van der Waals surface area (Å²) in [7, 11) is 0. The number of nitrogens with zero attached hydrogens (tertiary/aromatic N) is 2. The first kappa shape index (κ1) is 13.1. The van der Waals surface area contributed by atoms with E-state index in [2.05, 4.69) is 15.5 Å². The summed E-state index contributed by atoms with van der Waals surface area (Å²) in [6.07, 6.45) is 0. The summed E-state index contributed by atoms with van der Waals surface area (Å²) in [6, 6.07) is 2.57. The quantitative estimate of drug-likeness (QED) is 0.925. The summed E-state index contributed by atoms with van der Waals surface area (Å²) in [6.45, 7) is 3.20. The van der Waals surface area contributed by atoms with Crippen molar-refractivity contribution in [1.29, 1.82) is 0 Å². The third-order valence-electron chi connectivity index (χ3n) is 2.45. The van der Waals surface area contributed by atoms with E-state index in [-0.39, 0.29) is 5.89 Å². The molecule has 1 aromatic heterocycles. The fourth-order valence-corrected chi connectivity index (χ4v) is 1.53. The molecule has 0 aliphatic heterocycles. The maximum absolute atomic E-state index is 13.4. The van der Waals surface area contributed by atoms with Gasteiger partial charge in [-0.1, -0.05) is 11.2 Å². The lowest BCUT2D eigenvalue weighted by atomic mass is 10.1. The molecule has 2 rings (SSSR count). The van der Waals surface area contributed by atoms with Crippen molar-refractivity contribution in [3.8, 4) is 0 Å². The van der Waals surface area contributed by atoms with Crippen LogP contribution in [-0.4, -0.2) is 16.0 Å². The van der Waals surface area contributed by atoms with Gasteiger partial charge in [0.2, 0.25) is 5.89 Å². The molecule has 0 radical (unpaired) electrons. The highest BCUT2D eigenvalue weighted by Gasteiger charge is 2.21. The number of carbonyl (C=O) groups excluding carboxylic acids is 1. The smallest absolute Gasteiger partial charge is 0.257 e. The molecule has 1 N–H and O–H groups in total. The molecule has 1 amide bonds. The predicted molar refractivity (Wildman–Crippen MR) is 61.3 cm³/mol. The molecule has 0 spiro atoms. The molecule has 0 saturated heterocycles. The molecule has 100 valence electrons. The minimum Gasteiger partial charge on any atom is -0.340 e. The lowest BCUT2D eigenvalue weighted by Gasteiger charge is -2.10. The summed E-state index contributed by atoms with van der Waals surface area (Å²) in [5, 5.41) is 5.96. The van der Waals surface area contributed by atoms with Crippen molar-refractivity contribution < 1.29 is 18.1 Å². The third kappa shape index (κ3) is 2.75. The molecule has 7 heteroatoms. The number of carbonyl (C=O) groups is 1. The van der Waals surface area contributed by atoms with E-state index in [0.717, 1.165) is 12.1 Å². The first-order valence-electron chi connectivity index (χ1n) is 5.54. The van der Waals surface area contributed by atoms with Crippen LogP contribution >= 0.6 is 0 Å². The molecule has 1 unspecified atom stereocenters. The van der Waals surface area contributed by atoms with Crippen molar-refractivity contribution in [2.24, 2.45) is 0 Å². The molecule has 19 heavy (non-hydrogen) atoms. The molecule has 0 bridgehead atoms. The van der Waals surface area contributed by atoms with E-state index in [1.807, 2.05) is 0 Å². The minimum absolute atomic E-state index is 0.169. The van der Waals surface area contributed by atoms with Crippen LogP contribution in [0.15, 0.2) is 22.7 Å². The van der Waals surface area contributed by atoms with E-state index in [1.165, 1.54) is 6.07 Å². The normalized spacial score (nSPS) is 12.2. The van der Waals surface area contributed by atoms with Gasteiger partial charge in [-0.3, -0.25) is 4.79 Å². The predicted octanol–water partition coefficient (Wildman–Crippen LogP) is 2.15. The molecule has 1 atom stereocenters. The van der Waals surface area contributed by atoms with Crippen LogP contribution < -0.4 is 5.32 Å². The summed E-state index contributed by atoms with van der Waals surface area (Å²) >= 11 is 0. The van der Waals surface area contributed by atoms with Crippen LogP contribution in [0.2, 0.25) is 0 Å². The molecule has 1 aromatic carbocycles. The Labute approximate surface area is 107 Å². The Morgan fingerprint density at radius 3 is 2.53 bits per heavy atom. The topological polar surface area (TPSA) is 68.0 Å². The molecule has 0 aliphatic carbocycles. The first-order chi connectivity index (χ1) is 8.99. The van der Waals surface area contributed by atoms with Crippen LogP contribution in [0.1, 0.15) is 35.0 Å². The second-order valence-corrected chi connectivity index (χ2v) is 3.97. The maximum atomic E-state index is 13.4. The lowest BCUT2D eigenvalue weighted by molar-refractivity contribution is 0.0924. The van der Waals surface area contributed by atoms with Crippen LogP contribution in [0.4, 0.5) is 8.78 Å². The Morgan fingerprint density at radius 1 is 1.37 bits per heavy atom. The molecule has 0 saturated carbocycles. The van der Waals surface area contributed by atoms with Crippen LogP contribution in [-0.2, 0) is 0 Å². The minimum atomic E-state index is -0.925. The van der Waals surface area contributed by atoms with E-state index < -0.39 is 29.1 Å². The highest BCUT2D eigenvalue weighted by atomic mass is 19.1. The number of aromatic nitrogens is 2. The lowest BCUT2D eigenvalue weighted by Crippen LogP contribution is -2.28. The number of hydrogen-bond acceptors (Lipinski definition) is 4. The number of halogens is 2. The fourth-order valence-electron chi connectivity index (χ4n) is 1.53. The number of rotatable bonds is 3. The number of benzene rings is 1. The van der Waals surface area contributed by atoms with Gasteiger partial charge in [0.25, 0.3) is 5.91 Å². The summed E-state index contributed by atoms with van der Waals surface area (Å²) in [5.41, 5.74) is -0.634. The molecular weight excluding hydrogens is 256 g/mol. The van der Waals surface area contributed by atoms with Crippen LogP contribution in [0.3, 0.4) is 0 Å². The largest absolute Gasteiger partial charge is 0.340 e. The van der Waals surface area contributed by atoms with Gasteiger partial charge in [0.05, 0.1) is 0 Å². The van der Waals surface area contributed by atoms with Crippen molar-refractivity contribution in [2.45, 2.75) is 19.9 Å². The zero-order valence-corrected chi connectivity index (χ0v) is 10.3. The Balaban J connectivity index is 2.17. The monoisotopic (exact) mass is 267 g/mol. The van der Waals surface area contributed by atoms with Crippen LogP contribution in [0.5, 0.6) is 0 Å². The molecule has 0 aliphatic rings. The Hall–Kier alpha value is -2.31. The van der Waals surface area contributed by atoms with Gasteiger partial charge in [-0.15, -0.1) is 0 Å². The number of nitrogens with one attached hydrogen (secondary N) is 1. The summed E-state index contributed by atoms with van der Waals surface area (Å²) in [5.74, 6) is -2.15. The van der Waals surface area contributed by atoms with Gasteiger partial charge in [0.15, 0.2) is 5.82 Å². The Morgan fingerprint density at radius 2 is 2.00 bits per heavy atom. The van der Waals surface area contributed by atoms with E-state index >= 15 is 0 Å². The van der Waals surface area contributed by atoms with E-state index in [1.54, 1.807) is 13.8 Å². The third-order valence-corrected chi connectivity index (χ3v) is 2.45. The van der Waals surface area contributed by atoms with Gasteiger partial charge in [-0.05, 0) is 26.0 Å². The van der Waals surface area contributed by atoms with Gasteiger partial charge in [-0.25, -0.2) is 8.78 Å². The average Bonchev–Trinajstić information content (AvgIpc) is 2.75. The van der Waals surface area contributed by atoms with E-state index in [4.69, 9.17) is 4.52 Å². The Bertz CT molecular complexity index is 593. The van der Waals surface area contributed by atoms with Crippen molar-refractivity contribution in [1.82, 2.24) is 15.5 Å². The first-order valence-corrected chi connectivity index (χ1v) is 5.54. The SMILES string of the molecule is Cc1noc(C(C)NC(=O)c2c(F)cccc2F)n1. The summed E-state index contributed by atoms with van der Waals surface area (Å²) < 4.78 is 31.7. The molecule has 5 nitrogen and oxygen atoms in total.